The first kappa shape index (κ1) is 17.9. The first-order valence-corrected chi connectivity index (χ1v) is 8.46. The molecular formula is C18H19ClN6O. The molecule has 0 bridgehead atoms. The minimum atomic E-state index is -0.403. The van der Waals surface area contributed by atoms with Gasteiger partial charge in [-0.1, -0.05) is 23.7 Å². The number of imidazole rings is 1. The second kappa shape index (κ2) is 7.97. The lowest BCUT2D eigenvalue weighted by Gasteiger charge is -2.19. The number of benzene rings is 1. The molecule has 1 unspecified atom stereocenters. The molecule has 0 saturated heterocycles. The lowest BCUT2D eigenvalue weighted by Crippen LogP contribution is -2.39. The summed E-state index contributed by atoms with van der Waals surface area (Å²) < 4.78 is 1.87. The molecule has 0 radical (unpaired) electrons. The Hall–Kier alpha value is -2.93. The fraction of sp³-hybridized carbons (Fsp3) is 0.222. The van der Waals surface area contributed by atoms with E-state index in [1.165, 1.54) is 0 Å². The van der Waals surface area contributed by atoms with Crippen LogP contribution in [0, 0.1) is 6.92 Å². The van der Waals surface area contributed by atoms with Gasteiger partial charge in [-0.25, -0.2) is 19.7 Å². The molecule has 134 valence electrons. The maximum absolute atomic E-state index is 12.4. The lowest BCUT2D eigenvalue weighted by atomic mass is 10.1. The zero-order valence-electron chi connectivity index (χ0n) is 14.5. The van der Waals surface area contributed by atoms with Crippen molar-refractivity contribution < 1.29 is 4.79 Å². The Balaban J connectivity index is 1.74. The van der Waals surface area contributed by atoms with Gasteiger partial charge in [-0.2, -0.15) is 0 Å². The van der Waals surface area contributed by atoms with E-state index in [2.05, 4.69) is 25.6 Å². The maximum Gasteiger partial charge on any atom is 0.315 e. The Morgan fingerprint density at radius 2 is 1.96 bits per heavy atom. The second-order valence-corrected chi connectivity index (χ2v) is 6.24. The van der Waals surface area contributed by atoms with E-state index in [4.69, 9.17) is 11.6 Å². The molecule has 0 spiro atoms. The molecule has 1 aromatic carbocycles. The van der Waals surface area contributed by atoms with Crippen molar-refractivity contribution in [3.8, 4) is 0 Å². The Morgan fingerprint density at radius 1 is 1.19 bits per heavy atom. The van der Waals surface area contributed by atoms with Gasteiger partial charge in [-0.3, -0.25) is 0 Å². The van der Waals surface area contributed by atoms with Crippen molar-refractivity contribution in [3.05, 3.63) is 76.9 Å². The lowest BCUT2D eigenvalue weighted by molar-refractivity contribution is 0.237. The summed E-state index contributed by atoms with van der Waals surface area (Å²) in [4.78, 5) is 25.1. The number of carbonyl (C=O) groups is 1. The van der Waals surface area contributed by atoms with Crippen molar-refractivity contribution in [2.75, 3.05) is 0 Å². The molecule has 3 aromatic rings. The highest BCUT2D eigenvalue weighted by Gasteiger charge is 2.20. The molecule has 0 aliphatic carbocycles. The zero-order valence-corrected chi connectivity index (χ0v) is 15.2. The summed E-state index contributed by atoms with van der Waals surface area (Å²) in [6.07, 6.45) is 5.20. The van der Waals surface area contributed by atoms with E-state index >= 15 is 0 Å². The Labute approximate surface area is 156 Å². The summed E-state index contributed by atoms with van der Waals surface area (Å²) in [5, 5.41) is 6.41. The van der Waals surface area contributed by atoms with Gasteiger partial charge < -0.3 is 15.2 Å². The molecule has 8 heteroatoms. The van der Waals surface area contributed by atoms with E-state index in [1.807, 2.05) is 29.9 Å². The first-order valence-electron chi connectivity index (χ1n) is 8.08. The molecule has 0 aliphatic heterocycles. The number of halogens is 1. The maximum atomic E-state index is 12.4. The number of rotatable bonds is 5. The summed E-state index contributed by atoms with van der Waals surface area (Å²) in [6.45, 7) is 2.12. The Morgan fingerprint density at radius 3 is 2.62 bits per heavy atom. The summed E-state index contributed by atoms with van der Waals surface area (Å²) >= 11 is 5.98. The van der Waals surface area contributed by atoms with Crippen molar-refractivity contribution >= 4 is 17.6 Å². The second-order valence-electron chi connectivity index (χ2n) is 5.80. The van der Waals surface area contributed by atoms with Crippen LogP contribution in [0.5, 0.6) is 0 Å². The average molecular weight is 371 g/mol. The molecule has 2 aromatic heterocycles. The third-order valence-corrected chi connectivity index (χ3v) is 4.11. The topological polar surface area (TPSA) is 84.7 Å². The number of hydrogen-bond donors (Lipinski definition) is 2. The fourth-order valence-electron chi connectivity index (χ4n) is 2.56. The minimum absolute atomic E-state index is 0.309. The van der Waals surface area contributed by atoms with E-state index in [0.29, 0.717) is 17.4 Å². The molecular weight excluding hydrogens is 352 g/mol. The van der Waals surface area contributed by atoms with Crippen molar-refractivity contribution in [2.45, 2.75) is 19.5 Å². The molecule has 2 N–H and O–H groups in total. The SMILES string of the molecule is Cc1nccc(CNC(=O)NC(c2ccc(Cl)cc2)c2nccn2C)n1. The molecule has 1 atom stereocenters. The Bertz CT molecular complexity index is 893. The van der Waals surface area contributed by atoms with Crippen LogP contribution in [-0.4, -0.2) is 25.6 Å². The van der Waals surface area contributed by atoms with Crippen LogP contribution in [0.2, 0.25) is 5.02 Å². The molecule has 0 saturated carbocycles. The highest BCUT2D eigenvalue weighted by atomic mass is 35.5. The number of aromatic nitrogens is 4. The van der Waals surface area contributed by atoms with Gasteiger partial charge in [0.05, 0.1) is 12.2 Å². The number of hydrogen-bond acceptors (Lipinski definition) is 4. The predicted octanol–water partition coefficient (Wildman–Crippen LogP) is 2.76. The van der Waals surface area contributed by atoms with Crippen LogP contribution in [0.1, 0.15) is 28.9 Å². The molecule has 0 fully saturated rings. The van der Waals surface area contributed by atoms with Crippen molar-refractivity contribution in [2.24, 2.45) is 7.05 Å². The van der Waals surface area contributed by atoms with Gasteiger partial charge in [0.2, 0.25) is 0 Å². The van der Waals surface area contributed by atoms with E-state index in [0.717, 1.165) is 17.1 Å². The van der Waals surface area contributed by atoms with Gasteiger partial charge in [-0.15, -0.1) is 0 Å². The van der Waals surface area contributed by atoms with E-state index in [9.17, 15) is 4.79 Å². The number of urea groups is 1. The molecule has 3 rings (SSSR count). The van der Waals surface area contributed by atoms with E-state index in [-0.39, 0.29) is 6.03 Å². The number of nitrogens with zero attached hydrogens (tertiary/aromatic N) is 4. The third-order valence-electron chi connectivity index (χ3n) is 3.86. The van der Waals surface area contributed by atoms with Crippen molar-refractivity contribution in [3.63, 3.8) is 0 Å². The highest BCUT2D eigenvalue weighted by molar-refractivity contribution is 6.30. The van der Waals surface area contributed by atoms with Crippen LogP contribution >= 0.6 is 11.6 Å². The molecule has 0 aliphatic rings. The smallest absolute Gasteiger partial charge is 0.315 e. The summed E-state index contributed by atoms with van der Waals surface area (Å²) in [6, 6.07) is 8.36. The van der Waals surface area contributed by atoms with E-state index < -0.39 is 6.04 Å². The van der Waals surface area contributed by atoms with Gasteiger partial charge in [-0.05, 0) is 30.7 Å². The normalized spacial score (nSPS) is 11.8. The third kappa shape index (κ3) is 4.37. The number of aryl methyl sites for hydroxylation is 2. The van der Waals surface area contributed by atoms with Crippen LogP contribution in [0.3, 0.4) is 0 Å². The monoisotopic (exact) mass is 370 g/mol. The van der Waals surface area contributed by atoms with Gasteiger partial charge in [0.15, 0.2) is 0 Å². The number of amides is 2. The molecule has 2 heterocycles. The van der Waals surface area contributed by atoms with E-state index in [1.54, 1.807) is 37.5 Å². The van der Waals surface area contributed by atoms with Crippen molar-refractivity contribution in [1.82, 2.24) is 30.2 Å². The van der Waals surface area contributed by atoms with Crippen LogP contribution in [0.15, 0.2) is 48.9 Å². The molecule has 2 amide bonds. The Kier molecular flexibility index (Phi) is 5.48. The van der Waals surface area contributed by atoms with Gasteiger partial charge in [0.1, 0.15) is 17.7 Å². The summed E-state index contributed by atoms with van der Waals surface area (Å²) in [5.74, 6) is 1.39. The number of nitrogens with one attached hydrogen (secondary N) is 2. The van der Waals surface area contributed by atoms with Gasteiger partial charge in [0, 0.05) is 30.7 Å². The predicted molar refractivity (Wildman–Crippen MR) is 98.6 cm³/mol. The van der Waals surface area contributed by atoms with Crippen LogP contribution in [0.4, 0.5) is 4.79 Å². The first-order chi connectivity index (χ1) is 12.5. The van der Waals surface area contributed by atoms with Gasteiger partial charge >= 0.3 is 6.03 Å². The molecule has 7 nitrogen and oxygen atoms in total. The van der Waals surface area contributed by atoms with Gasteiger partial charge in [0.25, 0.3) is 0 Å². The standard InChI is InChI=1S/C18H19ClN6O/c1-12-20-8-7-15(23-12)11-22-18(26)24-16(17-21-9-10-25(17)2)13-3-5-14(19)6-4-13/h3-10,16H,11H2,1-2H3,(H2,22,24,26). The fourth-order valence-corrected chi connectivity index (χ4v) is 2.69. The minimum Gasteiger partial charge on any atom is -0.336 e. The summed E-state index contributed by atoms with van der Waals surface area (Å²) in [5.41, 5.74) is 1.63. The summed E-state index contributed by atoms with van der Waals surface area (Å²) in [7, 11) is 1.88. The van der Waals surface area contributed by atoms with Crippen molar-refractivity contribution in [1.29, 1.82) is 0 Å². The highest BCUT2D eigenvalue weighted by Crippen LogP contribution is 2.22. The average Bonchev–Trinajstić information content (AvgIpc) is 3.05. The van der Waals surface area contributed by atoms with Crippen LogP contribution in [0.25, 0.3) is 0 Å². The quantitative estimate of drug-likeness (QED) is 0.723. The zero-order chi connectivity index (χ0) is 18.5. The van der Waals surface area contributed by atoms with Crippen LogP contribution < -0.4 is 10.6 Å². The number of carbonyl (C=O) groups excluding carboxylic acids is 1. The molecule has 26 heavy (non-hydrogen) atoms. The van der Waals surface area contributed by atoms with Crippen LogP contribution in [-0.2, 0) is 13.6 Å². The largest absolute Gasteiger partial charge is 0.336 e.